The maximum atomic E-state index is 12.4. The van der Waals surface area contributed by atoms with E-state index in [-0.39, 0.29) is 5.91 Å². The van der Waals surface area contributed by atoms with Crippen molar-refractivity contribution >= 4 is 5.91 Å². The van der Waals surface area contributed by atoms with Gasteiger partial charge in [-0.1, -0.05) is 0 Å². The molecule has 0 radical (unpaired) electrons. The van der Waals surface area contributed by atoms with Crippen molar-refractivity contribution < 1.29 is 9.53 Å². The van der Waals surface area contributed by atoms with Crippen LogP contribution in [0.25, 0.3) is 0 Å². The first-order chi connectivity index (χ1) is 10.6. The van der Waals surface area contributed by atoms with Gasteiger partial charge in [0.15, 0.2) is 0 Å². The summed E-state index contributed by atoms with van der Waals surface area (Å²) in [6, 6.07) is 4.52. The molecule has 1 saturated heterocycles. The first kappa shape index (κ1) is 15.4. The fourth-order valence-corrected chi connectivity index (χ4v) is 3.29. The molecule has 1 aromatic heterocycles. The third-order valence-electron chi connectivity index (χ3n) is 4.43. The Hall–Kier alpha value is -1.46. The van der Waals surface area contributed by atoms with E-state index in [1.54, 1.807) is 24.5 Å². The van der Waals surface area contributed by atoms with Crippen LogP contribution in [0.1, 0.15) is 43.5 Å². The van der Waals surface area contributed by atoms with Crippen molar-refractivity contribution in [1.82, 2.24) is 15.2 Å². The molecule has 1 N–H and O–H groups in total. The first-order valence-corrected chi connectivity index (χ1v) is 8.22. The summed E-state index contributed by atoms with van der Waals surface area (Å²) in [6.07, 6.45) is 7.27. The van der Waals surface area contributed by atoms with Crippen molar-refractivity contribution in [3.63, 3.8) is 0 Å². The van der Waals surface area contributed by atoms with Gasteiger partial charge in [-0.3, -0.25) is 9.78 Å². The first-order valence-electron chi connectivity index (χ1n) is 8.22. The van der Waals surface area contributed by atoms with Crippen LogP contribution in [0.5, 0.6) is 0 Å². The summed E-state index contributed by atoms with van der Waals surface area (Å²) in [5.41, 5.74) is 0.727. The van der Waals surface area contributed by atoms with Crippen LogP contribution in [0.4, 0.5) is 0 Å². The van der Waals surface area contributed by atoms with Crippen LogP contribution >= 0.6 is 0 Å². The minimum atomic E-state index is 0.112. The average Bonchev–Trinajstić information content (AvgIpc) is 2.93. The van der Waals surface area contributed by atoms with Crippen molar-refractivity contribution in [3.05, 3.63) is 30.1 Å². The Morgan fingerprint density at radius 1 is 1.32 bits per heavy atom. The van der Waals surface area contributed by atoms with Crippen molar-refractivity contribution in [2.75, 3.05) is 13.1 Å². The summed E-state index contributed by atoms with van der Waals surface area (Å²) >= 11 is 0. The van der Waals surface area contributed by atoms with E-state index in [2.05, 4.69) is 24.1 Å². The highest BCUT2D eigenvalue weighted by Crippen LogP contribution is 2.26. The quantitative estimate of drug-likeness (QED) is 0.902. The highest BCUT2D eigenvalue weighted by Gasteiger charge is 2.34. The summed E-state index contributed by atoms with van der Waals surface area (Å²) in [7, 11) is 0. The summed E-state index contributed by atoms with van der Waals surface area (Å²) in [6.45, 7) is 5.80. The maximum Gasteiger partial charge on any atom is 0.254 e. The third-order valence-corrected chi connectivity index (χ3v) is 4.43. The minimum Gasteiger partial charge on any atom is -0.375 e. The average molecular weight is 303 g/mol. The second kappa shape index (κ2) is 6.75. The molecular weight excluding hydrogens is 278 g/mol. The van der Waals surface area contributed by atoms with E-state index in [1.165, 1.54) is 0 Å². The Bertz CT molecular complexity index is 500. The van der Waals surface area contributed by atoms with Gasteiger partial charge in [0, 0.05) is 43.1 Å². The molecule has 1 aliphatic carbocycles. The molecule has 1 atom stereocenters. The normalized spacial score (nSPS) is 28.0. The van der Waals surface area contributed by atoms with Crippen molar-refractivity contribution in [2.45, 2.75) is 57.4 Å². The number of likely N-dealkylation sites (tertiary alicyclic amines) is 1. The number of carbonyl (C=O) groups is 1. The molecule has 120 valence electrons. The molecule has 1 amide bonds. The maximum absolute atomic E-state index is 12.4. The van der Waals surface area contributed by atoms with E-state index in [0.717, 1.165) is 37.9 Å². The van der Waals surface area contributed by atoms with Gasteiger partial charge in [0.05, 0.1) is 12.2 Å². The van der Waals surface area contributed by atoms with E-state index >= 15 is 0 Å². The molecule has 1 aromatic rings. The summed E-state index contributed by atoms with van der Waals surface area (Å²) in [4.78, 5) is 18.3. The molecule has 2 aliphatic rings. The second-order valence-corrected chi connectivity index (χ2v) is 6.61. The van der Waals surface area contributed by atoms with Crippen LogP contribution < -0.4 is 5.32 Å². The number of carbonyl (C=O) groups excluding carboxylic acids is 1. The predicted octanol–water partition coefficient (Wildman–Crippen LogP) is 1.84. The Kier molecular flexibility index (Phi) is 4.74. The van der Waals surface area contributed by atoms with E-state index in [4.69, 9.17) is 4.74 Å². The van der Waals surface area contributed by atoms with Crippen LogP contribution in [-0.2, 0) is 4.74 Å². The lowest BCUT2D eigenvalue weighted by atomic mass is 9.88. The largest absolute Gasteiger partial charge is 0.375 e. The van der Waals surface area contributed by atoms with Gasteiger partial charge in [-0.2, -0.15) is 0 Å². The number of aromatic nitrogens is 1. The van der Waals surface area contributed by atoms with Gasteiger partial charge in [-0.15, -0.1) is 0 Å². The van der Waals surface area contributed by atoms with Crippen LogP contribution in [-0.4, -0.2) is 53.2 Å². The lowest BCUT2D eigenvalue weighted by Crippen LogP contribution is -2.50. The molecule has 0 bridgehead atoms. The zero-order chi connectivity index (χ0) is 15.5. The number of hydrogen-bond donors (Lipinski definition) is 1. The zero-order valence-corrected chi connectivity index (χ0v) is 13.4. The Balaban J connectivity index is 1.43. The monoisotopic (exact) mass is 303 g/mol. The molecule has 0 aromatic carbocycles. The highest BCUT2D eigenvalue weighted by molar-refractivity contribution is 5.94. The van der Waals surface area contributed by atoms with Gasteiger partial charge < -0.3 is 15.0 Å². The molecule has 1 aliphatic heterocycles. The van der Waals surface area contributed by atoms with E-state index in [9.17, 15) is 4.79 Å². The molecule has 0 spiro atoms. The molecule has 5 nitrogen and oxygen atoms in total. The molecule has 1 saturated carbocycles. The van der Waals surface area contributed by atoms with Gasteiger partial charge in [-0.25, -0.2) is 0 Å². The Morgan fingerprint density at radius 3 is 2.73 bits per heavy atom. The van der Waals surface area contributed by atoms with E-state index < -0.39 is 0 Å². The number of amides is 1. The number of nitrogens with one attached hydrogen (secondary N) is 1. The van der Waals surface area contributed by atoms with Crippen LogP contribution in [0, 0.1) is 0 Å². The Morgan fingerprint density at radius 2 is 2.05 bits per heavy atom. The van der Waals surface area contributed by atoms with Gasteiger partial charge in [0.25, 0.3) is 5.91 Å². The fraction of sp³-hybridized carbons (Fsp3) is 0.647. The number of pyridine rings is 1. The smallest absolute Gasteiger partial charge is 0.254 e. The molecule has 3 rings (SSSR count). The van der Waals surface area contributed by atoms with Gasteiger partial charge in [0.2, 0.25) is 0 Å². The van der Waals surface area contributed by atoms with Crippen LogP contribution in [0.2, 0.25) is 0 Å². The standard InChI is InChI=1S/C17H25N3O2/c1-12(2)22-16-9-15(10-16)19-14-5-8-20(11-14)17(21)13-3-6-18-7-4-13/h3-4,6-7,12,14-16,19H,5,8-11H2,1-2H3. The SMILES string of the molecule is CC(C)OC1CC(NC2CCN(C(=O)c3ccncc3)C2)C1. The molecular formula is C17H25N3O2. The molecule has 22 heavy (non-hydrogen) atoms. The Labute approximate surface area is 132 Å². The fourth-order valence-electron chi connectivity index (χ4n) is 3.29. The van der Waals surface area contributed by atoms with Crippen LogP contribution in [0.3, 0.4) is 0 Å². The predicted molar refractivity (Wildman–Crippen MR) is 84.7 cm³/mol. The number of ether oxygens (including phenoxy) is 1. The lowest BCUT2D eigenvalue weighted by Gasteiger charge is -2.38. The molecule has 1 unspecified atom stereocenters. The van der Waals surface area contributed by atoms with Crippen molar-refractivity contribution in [1.29, 1.82) is 0 Å². The highest BCUT2D eigenvalue weighted by atomic mass is 16.5. The zero-order valence-electron chi connectivity index (χ0n) is 13.4. The third kappa shape index (κ3) is 3.65. The number of nitrogens with zero attached hydrogens (tertiary/aromatic N) is 2. The lowest BCUT2D eigenvalue weighted by molar-refractivity contribution is -0.0512. The summed E-state index contributed by atoms with van der Waals surface area (Å²) in [5.74, 6) is 0.112. The van der Waals surface area contributed by atoms with Crippen molar-refractivity contribution in [3.8, 4) is 0 Å². The minimum absolute atomic E-state index is 0.112. The summed E-state index contributed by atoms with van der Waals surface area (Å²) in [5, 5.41) is 3.67. The van der Waals surface area contributed by atoms with Crippen molar-refractivity contribution in [2.24, 2.45) is 0 Å². The number of hydrogen-bond acceptors (Lipinski definition) is 4. The molecule has 2 heterocycles. The van der Waals surface area contributed by atoms with Gasteiger partial charge in [0.1, 0.15) is 0 Å². The van der Waals surface area contributed by atoms with Gasteiger partial charge in [-0.05, 0) is 45.2 Å². The van der Waals surface area contributed by atoms with Gasteiger partial charge >= 0.3 is 0 Å². The van der Waals surface area contributed by atoms with E-state index in [0.29, 0.717) is 24.3 Å². The second-order valence-electron chi connectivity index (χ2n) is 6.61. The van der Waals surface area contributed by atoms with E-state index in [1.807, 2.05) is 4.90 Å². The van der Waals surface area contributed by atoms with Crippen LogP contribution in [0.15, 0.2) is 24.5 Å². The number of rotatable bonds is 5. The molecule has 5 heteroatoms. The topological polar surface area (TPSA) is 54.5 Å². The summed E-state index contributed by atoms with van der Waals surface area (Å²) < 4.78 is 5.79. The molecule has 2 fully saturated rings.